The summed E-state index contributed by atoms with van der Waals surface area (Å²) in [4.78, 5) is 11.9. The Labute approximate surface area is 91.9 Å². The minimum absolute atomic E-state index is 0.0104. The number of aliphatic hydroxyl groups is 2. The fraction of sp³-hybridized carbons (Fsp3) is 0.400. The van der Waals surface area contributed by atoms with E-state index in [-0.39, 0.29) is 18.8 Å². The van der Waals surface area contributed by atoms with Crippen molar-refractivity contribution in [2.75, 3.05) is 18.0 Å². The largest absolute Gasteiger partial charge is 0.389 e. The zero-order valence-electron chi connectivity index (χ0n) is 8.48. The fourth-order valence-electron chi connectivity index (χ4n) is 1.85. The molecule has 1 saturated heterocycles. The average Bonchev–Trinajstić information content (AvgIpc) is 2.59. The smallest absolute Gasteiger partial charge is 0.292 e. The topological polar surface area (TPSA) is 86.8 Å². The summed E-state index contributed by atoms with van der Waals surface area (Å²) in [6.45, 7) is 0.429. The number of nitro benzene ring substituents is 1. The van der Waals surface area contributed by atoms with Gasteiger partial charge in [0.1, 0.15) is 5.69 Å². The first-order valence-electron chi connectivity index (χ1n) is 4.94. The summed E-state index contributed by atoms with van der Waals surface area (Å²) < 4.78 is 0. The maximum Gasteiger partial charge on any atom is 0.292 e. The molecule has 0 aromatic heterocycles. The van der Waals surface area contributed by atoms with Crippen LogP contribution in [0.2, 0.25) is 0 Å². The third-order valence-electron chi connectivity index (χ3n) is 2.68. The molecule has 1 aliphatic rings. The number of nitro groups is 1. The maximum atomic E-state index is 10.8. The summed E-state index contributed by atoms with van der Waals surface area (Å²) in [7, 11) is 0. The van der Waals surface area contributed by atoms with Crippen LogP contribution in [0.15, 0.2) is 24.3 Å². The lowest BCUT2D eigenvalue weighted by Crippen LogP contribution is -2.22. The summed E-state index contributed by atoms with van der Waals surface area (Å²) in [6, 6.07) is 6.30. The summed E-state index contributed by atoms with van der Waals surface area (Å²) in [5, 5.41) is 29.6. The number of anilines is 1. The third-order valence-corrected chi connectivity index (χ3v) is 2.68. The van der Waals surface area contributed by atoms with Gasteiger partial charge in [0.15, 0.2) is 0 Å². The standard InChI is InChI=1S/C10H12N2O4/c13-9-5-11(6-10(9)14)7-3-1-2-4-8(7)12(15)16/h1-4,9-10,13-14H,5-6H2. The molecular formula is C10H12N2O4. The molecule has 2 atom stereocenters. The maximum absolute atomic E-state index is 10.8. The fourth-order valence-corrected chi connectivity index (χ4v) is 1.85. The van der Waals surface area contributed by atoms with Gasteiger partial charge in [-0.2, -0.15) is 0 Å². The number of para-hydroxylation sites is 2. The Hall–Kier alpha value is -1.66. The number of hydrogen-bond donors (Lipinski definition) is 2. The second-order valence-electron chi connectivity index (χ2n) is 3.79. The molecule has 2 rings (SSSR count). The van der Waals surface area contributed by atoms with Crippen molar-refractivity contribution in [3.05, 3.63) is 34.4 Å². The van der Waals surface area contributed by atoms with Gasteiger partial charge in [-0.1, -0.05) is 12.1 Å². The van der Waals surface area contributed by atoms with Gasteiger partial charge < -0.3 is 15.1 Å². The molecule has 1 fully saturated rings. The number of aliphatic hydroxyl groups excluding tert-OH is 2. The lowest BCUT2D eigenvalue weighted by molar-refractivity contribution is -0.384. The van der Waals surface area contributed by atoms with E-state index in [4.69, 9.17) is 0 Å². The zero-order valence-corrected chi connectivity index (χ0v) is 8.48. The second-order valence-corrected chi connectivity index (χ2v) is 3.79. The van der Waals surface area contributed by atoms with Crippen LogP contribution in [0.3, 0.4) is 0 Å². The first kappa shape index (κ1) is 10.8. The van der Waals surface area contributed by atoms with Gasteiger partial charge in [0.2, 0.25) is 0 Å². The summed E-state index contributed by atoms with van der Waals surface area (Å²) in [6.07, 6.45) is -1.69. The van der Waals surface area contributed by atoms with E-state index < -0.39 is 17.1 Å². The van der Waals surface area contributed by atoms with Gasteiger partial charge in [-0.05, 0) is 6.07 Å². The van der Waals surface area contributed by atoms with Crippen molar-refractivity contribution in [1.82, 2.24) is 0 Å². The van der Waals surface area contributed by atoms with E-state index in [1.54, 1.807) is 23.1 Å². The van der Waals surface area contributed by atoms with Crippen LogP contribution in [0, 0.1) is 10.1 Å². The van der Waals surface area contributed by atoms with Crippen LogP contribution in [0.5, 0.6) is 0 Å². The van der Waals surface area contributed by atoms with Crippen molar-refractivity contribution in [2.45, 2.75) is 12.2 Å². The molecule has 1 aromatic rings. The van der Waals surface area contributed by atoms with Crippen LogP contribution >= 0.6 is 0 Å². The van der Waals surface area contributed by atoms with E-state index in [2.05, 4.69) is 0 Å². The third kappa shape index (κ3) is 1.84. The monoisotopic (exact) mass is 224 g/mol. The average molecular weight is 224 g/mol. The quantitative estimate of drug-likeness (QED) is 0.551. The number of rotatable bonds is 2. The molecule has 0 saturated carbocycles. The van der Waals surface area contributed by atoms with Crippen molar-refractivity contribution in [2.24, 2.45) is 0 Å². The van der Waals surface area contributed by atoms with Crippen LogP contribution in [0.25, 0.3) is 0 Å². The Bertz CT molecular complexity index is 400. The Kier molecular flexibility index (Phi) is 2.76. The van der Waals surface area contributed by atoms with Crippen molar-refractivity contribution < 1.29 is 15.1 Å². The molecule has 0 aliphatic carbocycles. The molecule has 86 valence electrons. The van der Waals surface area contributed by atoms with E-state index in [9.17, 15) is 20.3 Å². The first-order chi connectivity index (χ1) is 7.59. The van der Waals surface area contributed by atoms with E-state index in [1.807, 2.05) is 0 Å². The minimum Gasteiger partial charge on any atom is -0.389 e. The van der Waals surface area contributed by atoms with Crippen molar-refractivity contribution in [3.8, 4) is 0 Å². The molecule has 0 bridgehead atoms. The molecule has 6 heteroatoms. The van der Waals surface area contributed by atoms with Crippen molar-refractivity contribution >= 4 is 11.4 Å². The van der Waals surface area contributed by atoms with E-state index >= 15 is 0 Å². The van der Waals surface area contributed by atoms with E-state index in [0.29, 0.717) is 5.69 Å². The van der Waals surface area contributed by atoms with E-state index in [0.717, 1.165) is 0 Å². The molecule has 1 aliphatic heterocycles. The molecular weight excluding hydrogens is 212 g/mol. The number of hydrogen-bond acceptors (Lipinski definition) is 5. The van der Waals surface area contributed by atoms with Crippen LogP contribution < -0.4 is 4.90 Å². The van der Waals surface area contributed by atoms with Gasteiger partial charge in [-0.15, -0.1) is 0 Å². The highest BCUT2D eigenvalue weighted by Crippen LogP contribution is 2.30. The van der Waals surface area contributed by atoms with Gasteiger partial charge in [-0.3, -0.25) is 10.1 Å². The highest BCUT2D eigenvalue weighted by Gasteiger charge is 2.32. The molecule has 6 nitrogen and oxygen atoms in total. The van der Waals surface area contributed by atoms with Gasteiger partial charge in [0.05, 0.1) is 17.1 Å². The highest BCUT2D eigenvalue weighted by atomic mass is 16.6. The van der Waals surface area contributed by atoms with Crippen molar-refractivity contribution in [3.63, 3.8) is 0 Å². The Morgan fingerprint density at radius 3 is 2.38 bits per heavy atom. The molecule has 2 unspecified atom stereocenters. The highest BCUT2D eigenvalue weighted by molar-refractivity contribution is 5.63. The normalized spacial score (nSPS) is 24.8. The second kappa shape index (κ2) is 4.07. The van der Waals surface area contributed by atoms with Gasteiger partial charge in [0, 0.05) is 19.2 Å². The number of nitrogens with zero attached hydrogens (tertiary/aromatic N) is 2. The molecule has 0 amide bonds. The predicted molar refractivity (Wildman–Crippen MR) is 57.3 cm³/mol. The van der Waals surface area contributed by atoms with Crippen LogP contribution in [-0.2, 0) is 0 Å². The van der Waals surface area contributed by atoms with Gasteiger partial charge in [-0.25, -0.2) is 0 Å². The molecule has 2 N–H and O–H groups in total. The van der Waals surface area contributed by atoms with E-state index in [1.165, 1.54) is 6.07 Å². The van der Waals surface area contributed by atoms with Gasteiger partial charge >= 0.3 is 0 Å². The first-order valence-corrected chi connectivity index (χ1v) is 4.94. The van der Waals surface area contributed by atoms with Crippen LogP contribution in [-0.4, -0.2) is 40.4 Å². The molecule has 16 heavy (non-hydrogen) atoms. The molecule has 0 radical (unpaired) electrons. The lowest BCUT2D eigenvalue weighted by atomic mass is 10.2. The SMILES string of the molecule is O=[N+]([O-])c1ccccc1N1CC(O)C(O)C1. The molecule has 1 aromatic carbocycles. The summed E-state index contributed by atoms with van der Waals surface area (Å²) in [5.74, 6) is 0. The van der Waals surface area contributed by atoms with Crippen molar-refractivity contribution in [1.29, 1.82) is 0 Å². The summed E-state index contributed by atoms with van der Waals surface area (Å²) in [5.41, 5.74) is 0.423. The summed E-state index contributed by atoms with van der Waals surface area (Å²) >= 11 is 0. The molecule has 0 spiro atoms. The Morgan fingerprint density at radius 1 is 1.25 bits per heavy atom. The minimum atomic E-state index is -0.847. The van der Waals surface area contributed by atoms with Gasteiger partial charge in [0.25, 0.3) is 5.69 Å². The van der Waals surface area contributed by atoms with Crippen LogP contribution in [0.1, 0.15) is 0 Å². The van der Waals surface area contributed by atoms with Crippen LogP contribution in [0.4, 0.5) is 11.4 Å². The molecule has 1 heterocycles. The number of benzene rings is 1. The Balaban J connectivity index is 2.31. The Morgan fingerprint density at radius 2 is 1.81 bits per heavy atom. The zero-order chi connectivity index (χ0) is 11.7. The lowest BCUT2D eigenvalue weighted by Gasteiger charge is -2.17. The predicted octanol–water partition coefficient (Wildman–Crippen LogP) is 0.137. The number of β-amino-alcohol motifs (C(OH)–C–C–N with tert-alkyl or cyclic N) is 2.